The third kappa shape index (κ3) is 5.32. The Bertz CT molecular complexity index is 784. The first-order chi connectivity index (χ1) is 12.7. The highest BCUT2D eigenvalue weighted by Crippen LogP contribution is 2.47. The van der Waals surface area contributed by atoms with Crippen LogP contribution in [0.3, 0.4) is 0 Å². The summed E-state index contributed by atoms with van der Waals surface area (Å²) in [6, 6.07) is 13.3. The van der Waals surface area contributed by atoms with Crippen LogP contribution in [0.15, 0.2) is 53.0 Å². The Hall–Kier alpha value is -1.37. The molecule has 0 aromatic heterocycles. The third-order valence-corrected chi connectivity index (χ3v) is 7.30. The monoisotopic (exact) mass is 450 g/mol. The van der Waals surface area contributed by atoms with Crippen LogP contribution >= 0.6 is 39.5 Å². The third-order valence-electron chi connectivity index (χ3n) is 3.79. The molecule has 1 heterocycles. The van der Waals surface area contributed by atoms with Gasteiger partial charge in [0.15, 0.2) is 0 Å². The number of carbonyl (C=O) groups is 1. The molecule has 0 bridgehead atoms. The van der Waals surface area contributed by atoms with Gasteiger partial charge in [-0.05, 0) is 59.9 Å². The Kier molecular flexibility index (Phi) is 7.11. The summed E-state index contributed by atoms with van der Waals surface area (Å²) in [6.07, 6.45) is 4.42. The molecular weight excluding hydrogens is 432 g/mol. The number of thioether (sulfide) groups is 2. The van der Waals surface area contributed by atoms with E-state index in [-0.39, 0.29) is 10.6 Å². The Morgan fingerprint density at radius 2 is 1.88 bits per heavy atom. The van der Waals surface area contributed by atoms with Crippen molar-refractivity contribution in [3.8, 4) is 11.5 Å². The van der Waals surface area contributed by atoms with E-state index in [1.165, 1.54) is 12.5 Å². The fourth-order valence-electron chi connectivity index (χ4n) is 2.48. The van der Waals surface area contributed by atoms with Crippen LogP contribution in [0, 0.1) is 0 Å². The van der Waals surface area contributed by atoms with E-state index in [9.17, 15) is 4.79 Å². The van der Waals surface area contributed by atoms with E-state index in [1.54, 1.807) is 13.2 Å². The molecule has 136 valence electrons. The lowest BCUT2D eigenvalue weighted by Gasteiger charge is -2.23. The van der Waals surface area contributed by atoms with Gasteiger partial charge in [0.2, 0.25) is 0 Å². The predicted octanol–water partition coefficient (Wildman–Crippen LogP) is 5.95. The Morgan fingerprint density at radius 3 is 2.58 bits per heavy atom. The van der Waals surface area contributed by atoms with Crippen molar-refractivity contribution in [3.05, 3.63) is 64.1 Å². The molecule has 1 saturated heterocycles. The Balaban J connectivity index is 1.75. The normalized spacial score (nSPS) is 15.2. The lowest BCUT2D eigenvalue weighted by molar-refractivity contribution is -0.128. The summed E-state index contributed by atoms with van der Waals surface area (Å²) in [4.78, 5) is 12.3. The Morgan fingerprint density at radius 1 is 1.15 bits per heavy atom. The van der Waals surface area contributed by atoms with E-state index in [2.05, 4.69) is 15.9 Å². The van der Waals surface area contributed by atoms with Gasteiger partial charge in [-0.1, -0.05) is 28.1 Å². The lowest BCUT2D eigenvalue weighted by Crippen LogP contribution is -2.08. The SMILES string of the molecule is COc1ccc(OC(=O)/C=C\c2ccc(Br)cc2)c(C2SCCCS2)c1. The number of hydrogen-bond acceptors (Lipinski definition) is 5. The van der Waals surface area contributed by atoms with E-state index in [0.717, 1.165) is 32.9 Å². The second kappa shape index (κ2) is 9.53. The van der Waals surface area contributed by atoms with Crippen molar-refractivity contribution in [2.45, 2.75) is 11.0 Å². The second-order valence-electron chi connectivity index (χ2n) is 5.64. The van der Waals surface area contributed by atoms with Crippen LogP contribution in [-0.2, 0) is 4.79 Å². The van der Waals surface area contributed by atoms with Gasteiger partial charge in [-0.2, -0.15) is 0 Å². The van der Waals surface area contributed by atoms with Crippen molar-refractivity contribution in [2.75, 3.05) is 18.6 Å². The maximum Gasteiger partial charge on any atom is 0.336 e. The topological polar surface area (TPSA) is 35.5 Å². The van der Waals surface area contributed by atoms with Gasteiger partial charge < -0.3 is 9.47 Å². The summed E-state index contributed by atoms with van der Waals surface area (Å²) >= 11 is 7.16. The van der Waals surface area contributed by atoms with Gasteiger partial charge in [0.05, 0.1) is 11.7 Å². The van der Waals surface area contributed by atoms with E-state index in [4.69, 9.17) is 9.47 Å². The minimum Gasteiger partial charge on any atom is -0.497 e. The van der Waals surface area contributed by atoms with Gasteiger partial charge >= 0.3 is 5.97 Å². The number of hydrogen-bond donors (Lipinski definition) is 0. The lowest BCUT2D eigenvalue weighted by atomic mass is 10.2. The van der Waals surface area contributed by atoms with Crippen molar-refractivity contribution < 1.29 is 14.3 Å². The van der Waals surface area contributed by atoms with Gasteiger partial charge in [-0.3, -0.25) is 0 Å². The van der Waals surface area contributed by atoms with Crippen LogP contribution in [0.2, 0.25) is 0 Å². The molecular formula is C20H19BrO3S2. The summed E-state index contributed by atoms with van der Waals surface area (Å²) in [5.41, 5.74) is 1.95. The standard InChI is InChI=1S/C20H19BrO3S2/c1-23-16-8-9-18(17(13-16)20-25-11-2-12-26-20)24-19(22)10-5-14-3-6-15(21)7-4-14/h3-10,13,20H,2,11-12H2,1H3/b10-5-. The molecule has 26 heavy (non-hydrogen) atoms. The first-order valence-corrected chi connectivity index (χ1v) is 11.1. The average molecular weight is 451 g/mol. The van der Waals surface area contributed by atoms with Gasteiger partial charge in [-0.25, -0.2) is 4.79 Å². The number of benzene rings is 2. The summed E-state index contributed by atoms with van der Waals surface area (Å²) < 4.78 is 12.2. The molecule has 0 radical (unpaired) electrons. The number of ether oxygens (including phenoxy) is 2. The molecule has 0 unspecified atom stereocenters. The molecule has 0 N–H and O–H groups in total. The van der Waals surface area contributed by atoms with E-state index in [0.29, 0.717) is 5.75 Å². The fraction of sp³-hybridized carbons (Fsp3) is 0.250. The zero-order chi connectivity index (χ0) is 18.4. The molecule has 0 atom stereocenters. The van der Waals surface area contributed by atoms with Gasteiger partial charge in [0.25, 0.3) is 0 Å². The van der Waals surface area contributed by atoms with Crippen LogP contribution in [0.25, 0.3) is 6.08 Å². The molecule has 6 heteroatoms. The van der Waals surface area contributed by atoms with E-state index in [1.807, 2.05) is 66.0 Å². The molecule has 0 spiro atoms. The van der Waals surface area contributed by atoms with Crippen LogP contribution in [0.1, 0.15) is 22.1 Å². The van der Waals surface area contributed by atoms with Crippen LogP contribution in [0.4, 0.5) is 0 Å². The first kappa shape index (κ1) is 19.4. The molecule has 3 rings (SSSR count). The molecule has 3 nitrogen and oxygen atoms in total. The average Bonchev–Trinajstić information content (AvgIpc) is 2.68. The molecule has 2 aromatic carbocycles. The van der Waals surface area contributed by atoms with Crippen LogP contribution in [-0.4, -0.2) is 24.6 Å². The molecule has 1 fully saturated rings. The summed E-state index contributed by atoms with van der Waals surface area (Å²) in [5.74, 6) is 3.22. The highest BCUT2D eigenvalue weighted by molar-refractivity contribution is 9.10. The van der Waals surface area contributed by atoms with Gasteiger partial charge in [-0.15, -0.1) is 23.5 Å². The zero-order valence-electron chi connectivity index (χ0n) is 14.3. The van der Waals surface area contributed by atoms with E-state index >= 15 is 0 Å². The summed E-state index contributed by atoms with van der Waals surface area (Å²) in [7, 11) is 1.65. The van der Waals surface area contributed by atoms with Crippen molar-refractivity contribution >= 4 is 51.5 Å². The highest BCUT2D eigenvalue weighted by atomic mass is 79.9. The molecule has 2 aromatic rings. The molecule has 0 aliphatic carbocycles. The van der Waals surface area contributed by atoms with Crippen molar-refractivity contribution in [2.24, 2.45) is 0 Å². The summed E-state index contributed by atoms with van der Waals surface area (Å²) in [6.45, 7) is 0. The largest absolute Gasteiger partial charge is 0.497 e. The second-order valence-corrected chi connectivity index (χ2v) is 9.28. The van der Waals surface area contributed by atoms with Crippen molar-refractivity contribution in [1.29, 1.82) is 0 Å². The predicted molar refractivity (Wildman–Crippen MR) is 114 cm³/mol. The van der Waals surface area contributed by atoms with Gasteiger partial charge in [0.1, 0.15) is 11.5 Å². The number of carbonyl (C=O) groups excluding carboxylic acids is 1. The summed E-state index contributed by atoms with van der Waals surface area (Å²) in [5, 5.41) is 0. The minimum atomic E-state index is -0.384. The first-order valence-electron chi connectivity index (χ1n) is 8.22. The maximum atomic E-state index is 12.3. The van der Waals surface area contributed by atoms with Crippen LogP contribution in [0.5, 0.6) is 11.5 Å². The minimum absolute atomic E-state index is 0.261. The number of esters is 1. The smallest absolute Gasteiger partial charge is 0.336 e. The zero-order valence-corrected chi connectivity index (χ0v) is 17.5. The number of methoxy groups -OCH3 is 1. The molecule has 1 aliphatic rings. The quantitative estimate of drug-likeness (QED) is 0.319. The molecule has 0 amide bonds. The van der Waals surface area contributed by atoms with Crippen molar-refractivity contribution in [3.63, 3.8) is 0 Å². The van der Waals surface area contributed by atoms with Crippen LogP contribution < -0.4 is 9.47 Å². The maximum absolute atomic E-state index is 12.3. The molecule has 1 aliphatic heterocycles. The van der Waals surface area contributed by atoms with Gasteiger partial charge in [0, 0.05) is 16.1 Å². The number of halogens is 1. The number of rotatable bonds is 5. The van der Waals surface area contributed by atoms with E-state index < -0.39 is 0 Å². The molecule has 0 saturated carbocycles. The fourth-order valence-corrected chi connectivity index (χ4v) is 5.67. The highest BCUT2D eigenvalue weighted by Gasteiger charge is 2.22. The van der Waals surface area contributed by atoms with Crippen molar-refractivity contribution in [1.82, 2.24) is 0 Å². The Labute approximate surface area is 170 Å².